The lowest BCUT2D eigenvalue weighted by Crippen LogP contribution is -2.04. The van der Waals surface area contributed by atoms with E-state index in [1.807, 2.05) is 6.08 Å². The van der Waals surface area contributed by atoms with Crippen molar-refractivity contribution in [2.24, 2.45) is 17.8 Å². The van der Waals surface area contributed by atoms with Crippen LogP contribution in [0.2, 0.25) is 0 Å². The average Bonchev–Trinajstić information content (AvgIpc) is 2.79. The number of rotatable bonds is 3. The molecule has 0 N–H and O–H groups in total. The summed E-state index contributed by atoms with van der Waals surface area (Å²) in [6.45, 7) is 3.85. The molecule has 3 heteroatoms. The van der Waals surface area contributed by atoms with Gasteiger partial charge in [0.15, 0.2) is 0 Å². The van der Waals surface area contributed by atoms with E-state index in [0.717, 1.165) is 55.4 Å². The predicted molar refractivity (Wildman–Crippen MR) is 86.8 cm³/mol. The zero-order valence-corrected chi connectivity index (χ0v) is 13.4. The van der Waals surface area contributed by atoms with Crippen LogP contribution in [0.15, 0.2) is 24.8 Å². The minimum absolute atomic E-state index is 0.218. The normalized spacial score (nSPS) is 30.3. The van der Waals surface area contributed by atoms with Crippen molar-refractivity contribution in [2.45, 2.75) is 50.9 Å². The highest BCUT2D eigenvalue weighted by Crippen LogP contribution is 2.48. The number of allylic oxidation sites excluding steroid dienone is 1. The van der Waals surface area contributed by atoms with E-state index in [9.17, 15) is 8.78 Å². The molecule has 2 atom stereocenters. The first-order chi connectivity index (χ1) is 11.1. The van der Waals surface area contributed by atoms with Crippen molar-refractivity contribution in [1.82, 2.24) is 0 Å². The number of nitriles is 1. The molecule has 1 aromatic carbocycles. The van der Waals surface area contributed by atoms with Crippen LogP contribution in [-0.4, -0.2) is 0 Å². The van der Waals surface area contributed by atoms with Crippen molar-refractivity contribution in [3.63, 3.8) is 0 Å². The van der Waals surface area contributed by atoms with E-state index in [4.69, 9.17) is 5.26 Å². The number of fused-ring (bicyclic) bond motifs is 1. The third-order valence-electron chi connectivity index (χ3n) is 5.86. The van der Waals surface area contributed by atoms with Gasteiger partial charge >= 0.3 is 0 Å². The molecule has 0 spiro atoms. The van der Waals surface area contributed by atoms with Crippen molar-refractivity contribution in [1.29, 1.82) is 5.26 Å². The maximum Gasteiger partial charge on any atom is 0.144 e. The summed E-state index contributed by atoms with van der Waals surface area (Å²) >= 11 is 0. The average molecular weight is 315 g/mol. The molecule has 0 aromatic heterocycles. The molecule has 2 aliphatic rings. The third kappa shape index (κ3) is 3.32. The summed E-state index contributed by atoms with van der Waals surface area (Å²) in [6.07, 6.45) is 9.97. The Labute approximate surface area is 137 Å². The van der Waals surface area contributed by atoms with E-state index >= 15 is 0 Å². The summed E-state index contributed by atoms with van der Waals surface area (Å²) in [5.41, 5.74) is 0.258. The molecule has 0 saturated heterocycles. The Morgan fingerprint density at radius 3 is 2.13 bits per heavy atom. The van der Waals surface area contributed by atoms with E-state index in [2.05, 4.69) is 6.58 Å². The molecule has 2 unspecified atom stereocenters. The van der Waals surface area contributed by atoms with Gasteiger partial charge in [-0.15, -0.1) is 6.58 Å². The zero-order valence-electron chi connectivity index (χ0n) is 13.4. The second-order valence-corrected chi connectivity index (χ2v) is 7.20. The highest BCUT2D eigenvalue weighted by atomic mass is 19.1. The molecule has 0 amide bonds. The first-order valence-corrected chi connectivity index (χ1v) is 8.62. The van der Waals surface area contributed by atoms with Crippen molar-refractivity contribution < 1.29 is 8.78 Å². The lowest BCUT2D eigenvalue weighted by Gasteiger charge is -2.16. The van der Waals surface area contributed by atoms with Crippen molar-refractivity contribution in [3.05, 3.63) is 47.5 Å². The predicted octanol–water partition coefficient (Wildman–Crippen LogP) is 5.71. The van der Waals surface area contributed by atoms with Gasteiger partial charge in [0, 0.05) is 0 Å². The van der Waals surface area contributed by atoms with Gasteiger partial charge in [-0.05, 0) is 86.3 Å². The van der Waals surface area contributed by atoms with Crippen LogP contribution in [0.4, 0.5) is 8.78 Å². The number of hydrogen-bond acceptors (Lipinski definition) is 1. The SMILES string of the molecule is C=CCC1CC2CCC(c3cc(F)c(C#N)c(F)c3)CCC2C1. The lowest BCUT2D eigenvalue weighted by molar-refractivity contribution is 0.367. The van der Waals surface area contributed by atoms with Crippen molar-refractivity contribution in [2.75, 3.05) is 0 Å². The second kappa shape index (κ2) is 6.83. The number of halogens is 2. The fourth-order valence-corrected chi connectivity index (χ4v) is 4.72. The van der Waals surface area contributed by atoms with Gasteiger partial charge in [0.25, 0.3) is 0 Å². The summed E-state index contributed by atoms with van der Waals surface area (Å²) in [4.78, 5) is 0. The molecule has 122 valence electrons. The maximum absolute atomic E-state index is 13.9. The first kappa shape index (κ1) is 16.2. The minimum Gasteiger partial charge on any atom is -0.205 e. The number of nitrogens with zero attached hydrogens (tertiary/aromatic N) is 1. The van der Waals surface area contributed by atoms with Gasteiger partial charge < -0.3 is 0 Å². The highest BCUT2D eigenvalue weighted by Gasteiger charge is 2.36. The Morgan fingerprint density at radius 2 is 1.65 bits per heavy atom. The molecule has 2 fully saturated rings. The van der Waals surface area contributed by atoms with Gasteiger partial charge in [-0.2, -0.15) is 5.26 Å². The summed E-state index contributed by atoms with van der Waals surface area (Å²) in [5.74, 6) is 1.08. The molecule has 1 nitrogen and oxygen atoms in total. The standard InChI is InChI=1S/C20H23F2N/c1-2-3-13-8-15-6-4-14(5-7-16(15)9-13)17-10-19(21)18(12-23)20(22)11-17/h2,10-11,13-16H,1,3-9H2. The summed E-state index contributed by atoms with van der Waals surface area (Å²) in [7, 11) is 0. The summed E-state index contributed by atoms with van der Waals surface area (Å²) in [6, 6.07) is 4.34. The smallest absolute Gasteiger partial charge is 0.144 e. The van der Waals surface area contributed by atoms with Crippen LogP contribution in [0.25, 0.3) is 0 Å². The van der Waals surface area contributed by atoms with E-state index in [-0.39, 0.29) is 5.92 Å². The van der Waals surface area contributed by atoms with Crippen LogP contribution in [0.1, 0.15) is 62.0 Å². The van der Waals surface area contributed by atoms with Crippen LogP contribution in [0, 0.1) is 40.7 Å². The van der Waals surface area contributed by atoms with Gasteiger partial charge in [0.05, 0.1) is 0 Å². The molecule has 2 aliphatic carbocycles. The molecular formula is C20H23F2N. The maximum atomic E-state index is 13.9. The lowest BCUT2D eigenvalue weighted by atomic mass is 9.89. The Kier molecular flexibility index (Phi) is 4.80. The molecule has 3 rings (SSSR count). The summed E-state index contributed by atoms with van der Waals surface area (Å²) < 4.78 is 27.7. The van der Waals surface area contributed by atoms with Crippen LogP contribution in [0.3, 0.4) is 0 Å². The van der Waals surface area contributed by atoms with Crippen molar-refractivity contribution >= 4 is 0 Å². The monoisotopic (exact) mass is 315 g/mol. The molecule has 2 saturated carbocycles. The Balaban J connectivity index is 1.71. The molecule has 0 aliphatic heterocycles. The van der Waals surface area contributed by atoms with Crippen LogP contribution in [-0.2, 0) is 0 Å². The van der Waals surface area contributed by atoms with Gasteiger partial charge in [-0.3, -0.25) is 0 Å². The van der Waals surface area contributed by atoms with E-state index in [1.54, 1.807) is 6.07 Å². The largest absolute Gasteiger partial charge is 0.205 e. The van der Waals surface area contributed by atoms with Crippen LogP contribution in [0.5, 0.6) is 0 Å². The number of hydrogen-bond donors (Lipinski definition) is 0. The van der Waals surface area contributed by atoms with Gasteiger partial charge in [-0.25, -0.2) is 8.78 Å². The molecule has 0 heterocycles. The Hall–Kier alpha value is -1.69. The van der Waals surface area contributed by atoms with Crippen LogP contribution >= 0.6 is 0 Å². The summed E-state index contributed by atoms with van der Waals surface area (Å²) in [5, 5.41) is 8.79. The topological polar surface area (TPSA) is 23.8 Å². The van der Waals surface area contributed by atoms with Crippen molar-refractivity contribution in [3.8, 4) is 6.07 Å². The quantitative estimate of drug-likeness (QED) is 0.655. The van der Waals surface area contributed by atoms with E-state index in [1.165, 1.54) is 25.0 Å². The van der Waals surface area contributed by atoms with Gasteiger partial charge in [-0.1, -0.05) is 6.08 Å². The number of benzene rings is 1. The molecule has 0 radical (unpaired) electrons. The first-order valence-electron chi connectivity index (χ1n) is 8.62. The Morgan fingerprint density at radius 1 is 1.09 bits per heavy atom. The van der Waals surface area contributed by atoms with E-state index < -0.39 is 17.2 Å². The minimum atomic E-state index is -0.724. The third-order valence-corrected chi connectivity index (χ3v) is 5.86. The van der Waals surface area contributed by atoms with E-state index in [0.29, 0.717) is 0 Å². The van der Waals surface area contributed by atoms with Crippen LogP contribution < -0.4 is 0 Å². The second-order valence-electron chi connectivity index (χ2n) is 7.20. The zero-order chi connectivity index (χ0) is 16.4. The van der Waals surface area contributed by atoms with Gasteiger partial charge in [0.1, 0.15) is 23.3 Å². The fraction of sp³-hybridized carbons (Fsp3) is 0.550. The fourth-order valence-electron chi connectivity index (χ4n) is 4.72. The molecular weight excluding hydrogens is 292 g/mol. The Bertz CT molecular complexity index is 592. The van der Waals surface area contributed by atoms with Gasteiger partial charge in [0.2, 0.25) is 0 Å². The molecule has 1 aromatic rings. The highest BCUT2D eigenvalue weighted by molar-refractivity contribution is 5.36. The molecule has 0 bridgehead atoms. The molecule has 23 heavy (non-hydrogen) atoms.